The van der Waals surface area contributed by atoms with Crippen molar-refractivity contribution in [2.24, 2.45) is 12.0 Å². The van der Waals surface area contributed by atoms with Gasteiger partial charge in [0.15, 0.2) is 17.5 Å². The Bertz CT molecular complexity index is 586. The van der Waals surface area contributed by atoms with Crippen LogP contribution in [0.1, 0.15) is 17.4 Å². The Morgan fingerprint density at radius 3 is 2.39 bits per heavy atom. The molecule has 0 unspecified atom stereocenters. The molecule has 0 atom stereocenters. The highest BCUT2D eigenvalue weighted by Crippen LogP contribution is 2.19. The van der Waals surface area contributed by atoms with Crippen molar-refractivity contribution in [3.8, 4) is 0 Å². The lowest BCUT2D eigenvalue weighted by Crippen LogP contribution is -2.46. The predicted octanol–water partition coefficient (Wildman–Crippen LogP) is -0.577. The first-order valence-electron chi connectivity index (χ1n) is 7.54. The zero-order chi connectivity index (χ0) is 17.1. The van der Waals surface area contributed by atoms with Gasteiger partial charge in [-0.1, -0.05) is 0 Å². The van der Waals surface area contributed by atoms with E-state index in [1.54, 1.807) is 37.2 Å². The monoisotopic (exact) mass is 321 g/mol. The number of aryl methyl sites for hydroxylation is 1. The molecule has 11 heteroatoms. The van der Waals surface area contributed by atoms with Gasteiger partial charge in [0, 0.05) is 26.2 Å². The number of guanidine groups is 1. The lowest BCUT2D eigenvalue weighted by Gasteiger charge is -2.24. The highest BCUT2D eigenvalue weighted by molar-refractivity contribution is 6.54. The fraction of sp³-hybridized carbons (Fsp3) is 0.583. The molecule has 1 aliphatic rings. The van der Waals surface area contributed by atoms with Crippen LogP contribution in [0.2, 0.25) is 13.6 Å². The maximum Gasteiger partial charge on any atom is 0.411 e. The van der Waals surface area contributed by atoms with Crippen molar-refractivity contribution in [3.05, 3.63) is 11.8 Å². The van der Waals surface area contributed by atoms with Crippen molar-refractivity contribution in [1.29, 1.82) is 0 Å². The number of nitrogens with zero attached hydrogens (tertiary/aromatic N) is 5. The van der Waals surface area contributed by atoms with Gasteiger partial charge in [0.2, 0.25) is 0 Å². The van der Waals surface area contributed by atoms with Crippen molar-refractivity contribution in [1.82, 2.24) is 19.4 Å². The Balaban J connectivity index is 2.35. The molecule has 0 aromatic carbocycles. The first-order valence-corrected chi connectivity index (χ1v) is 7.54. The van der Waals surface area contributed by atoms with Crippen molar-refractivity contribution in [2.75, 3.05) is 19.7 Å². The molecule has 0 radical (unpaired) electrons. The molecule has 1 saturated heterocycles. The van der Waals surface area contributed by atoms with Gasteiger partial charge >= 0.3 is 20.1 Å². The number of esters is 1. The molecule has 2 N–H and O–H groups in total. The van der Waals surface area contributed by atoms with E-state index in [1.165, 1.54) is 10.7 Å². The van der Waals surface area contributed by atoms with Gasteiger partial charge in [-0.3, -0.25) is 0 Å². The van der Waals surface area contributed by atoms with Crippen LogP contribution in [-0.2, 0) is 11.8 Å². The Morgan fingerprint density at radius 2 is 1.91 bits per heavy atom. The van der Waals surface area contributed by atoms with Crippen LogP contribution < -0.4 is 0 Å². The second-order valence-corrected chi connectivity index (χ2v) is 5.29. The number of carbonyl (C=O) groups excluding carboxylic acids is 1. The van der Waals surface area contributed by atoms with E-state index in [4.69, 9.17) is 4.74 Å². The molecule has 0 aliphatic carbocycles. The summed E-state index contributed by atoms with van der Waals surface area (Å²) in [6.45, 7) is 6.35. The van der Waals surface area contributed by atoms with Crippen LogP contribution in [0.5, 0.6) is 0 Å². The summed E-state index contributed by atoms with van der Waals surface area (Å²) in [5.74, 6) is 0.357. The number of ether oxygens (including phenoxy) is 1. The number of hydrogen-bond acceptors (Lipinski definition) is 6. The summed E-state index contributed by atoms with van der Waals surface area (Å²) in [7, 11) is 0.182. The van der Waals surface area contributed by atoms with Gasteiger partial charge < -0.3 is 24.4 Å². The largest absolute Gasteiger partial charge is 0.461 e. The van der Waals surface area contributed by atoms with Crippen LogP contribution in [0.4, 0.5) is 5.82 Å². The zero-order valence-electron chi connectivity index (χ0n) is 13.8. The molecule has 23 heavy (non-hydrogen) atoms. The van der Waals surface area contributed by atoms with Crippen molar-refractivity contribution < 1.29 is 19.6 Å². The topological polar surface area (TPSA) is 103 Å². The Hall–Kier alpha value is -2.00. The number of carbonyl (C=O) groups is 1. The molecule has 9 nitrogen and oxygen atoms in total. The Labute approximate surface area is 135 Å². The van der Waals surface area contributed by atoms with E-state index in [-0.39, 0.29) is 12.3 Å². The second-order valence-electron chi connectivity index (χ2n) is 5.29. The summed E-state index contributed by atoms with van der Waals surface area (Å²) in [5.41, 5.74) is 0.166. The van der Waals surface area contributed by atoms with Gasteiger partial charge in [-0.2, -0.15) is 10.1 Å². The van der Waals surface area contributed by atoms with Crippen LogP contribution in [0.15, 0.2) is 11.1 Å². The highest BCUT2D eigenvalue weighted by Gasteiger charge is 2.35. The maximum absolute atomic E-state index is 11.7. The molecule has 1 fully saturated rings. The molecule has 1 aliphatic heterocycles. The molecule has 0 amide bonds. The minimum absolute atomic E-state index is 0.166. The van der Waals surface area contributed by atoms with Crippen LogP contribution in [0, 0.1) is 0 Å². The van der Waals surface area contributed by atoms with Crippen molar-refractivity contribution in [3.63, 3.8) is 0 Å². The molecule has 0 saturated carbocycles. The summed E-state index contributed by atoms with van der Waals surface area (Å²) in [6, 6.07) is 1.52. The van der Waals surface area contributed by atoms with E-state index < -0.39 is 20.1 Å². The summed E-state index contributed by atoms with van der Waals surface area (Å²) in [4.78, 5) is 19.6. The third-order valence-electron chi connectivity index (χ3n) is 3.55. The molecular weight excluding hydrogens is 300 g/mol. The van der Waals surface area contributed by atoms with Crippen molar-refractivity contribution in [2.45, 2.75) is 20.6 Å². The van der Waals surface area contributed by atoms with Gasteiger partial charge in [0.1, 0.15) is 0 Å². The second kappa shape index (κ2) is 7.05. The smallest absolute Gasteiger partial charge is 0.411 e. The third kappa shape index (κ3) is 3.67. The van der Waals surface area contributed by atoms with Crippen LogP contribution >= 0.6 is 0 Å². The molecule has 1 aromatic rings. The Kier molecular flexibility index (Phi) is 5.32. The fourth-order valence-electron chi connectivity index (χ4n) is 2.39. The SMILES string of the molecule is CCOC(=O)c1cc(N=C2N(B(C)O)CCN2B(C)O)n(C)n1. The van der Waals surface area contributed by atoms with Gasteiger partial charge in [-0.25, -0.2) is 9.48 Å². The lowest BCUT2D eigenvalue weighted by molar-refractivity contribution is 0.0518. The van der Waals surface area contributed by atoms with Gasteiger partial charge in [0.05, 0.1) is 6.61 Å². The molecule has 124 valence electrons. The number of rotatable bonds is 5. The van der Waals surface area contributed by atoms with E-state index in [0.29, 0.717) is 24.9 Å². The molecule has 2 heterocycles. The summed E-state index contributed by atoms with van der Waals surface area (Å²) in [5, 5.41) is 23.8. The predicted molar refractivity (Wildman–Crippen MR) is 87.3 cm³/mol. The minimum Gasteiger partial charge on any atom is -0.461 e. The quantitative estimate of drug-likeness (QED) is 0.552. The van der Waals surface area contributed by atoms with Crippen LogP contribution in [0.25, 0.3) is 0 Å². The van der Waals surface area contributed by atoms with E-state index in [1.807, 2.05) is 0 Å². The van der Waals surface area contributed by atoms with Crippen LogP contribution in [0.3, 0.4) is 0 Å². The average Bonchev–Trinajstić information content (AvgIpc) is 3.04. The fourth-order valence-corrected chi connectivity index (χ4v) is 2.39. The highest BCUT2D eigenvalue weighted by atomic mass is 16.5. The summed E-state index contributed by atoms with van der Waals surface area (Å²) >= 11 is 0. The molecule has 1 aromatic heterocycles. The average molecular weight is 321 g/mol. The van der Waals surface area contributed by atoms with Gasteiger partial charge in [-0.15, -0.1) is 0 Å². The summed E-state index contributed by atoms with van der Waals surface area (Å²) in [6.07, 6.45) is 0. The number of hydrogen-bond donors (Lipinski definition) is 2. The van der Waals surface area contributed by atoms with E-state index in [9.17, 15) is 14.8 Å². The standard InChI is InChI=1S/C12H21B2N5O4/c1-5-23-11(20)9-8-10(17(4)16-9)15-12-18(13(2)21)6-7-19(12)14(3)22/h8,21-22H,5-7H2,1-4H3. The van der Waals surface area contributed by atoms with Gasteiger partial charge in [0.25, 0.3) is 0 Å². The van der Waals surface area contributed by atoms with Gasteiger partial charge in [-0.05, 0) is 20.6 Å². The normalized spacial score (nSPS) is 14.3. The minimum atomic E-state index is -0.741. The molecule has 0 spiro atoms. The van der Waals surface area contributed by atoms with E-state index >= 15 is 0 Å². The van der Waals surface area contributed by atoms with Crippen LogP contribution in [-0.4, -0.2) is 75.2 Å². The van der Waals surface area contributed by atoms with Crippen molar-refractivity contribution >= 4 is 31.8 Å². The van der Waals surface area contributed by atoms with E-state index in [2.05, 4.69) is 10.1 Å². The number of aromatic nitrogens is 2. The lowest BCUT2D eigenvalue weighted by atomic mass is 9.84. The summed E-state index contributed by atoms with van der Waals surface area (Å²) < 4.78 is 6.38. The zero-order valence-corrected chi connectivity index (χ0v) is 13.8. The Morgan fingerprint density at radius 1 is 1.35 bits per heavy atom. The molecule has 2 rings (SSSR count). The van der Waals surface area contributed by atoms with E-state index in [0.717, 1.165) is 0 Å². The number of aliphatic imine (C=N–C) groups is 1. The molecule has 0 bridgehead atoms. The first kappa shape index (κ1) is 17.4. The molecular formula is C12H21B2N5O4. The maximum atomic E-state index is 11.7. The first-order chi connectivity index (χ1) is 10.8. The third-order valence-corrected chi connectivity index (χ3v) is 3.55.